The Morgan fingerprint density at radius 2 is 1.90 bits per heavy atom. The second-order valence-corrected chi connectivity index (χ2v) is 6.71. The van der Waals surface area contributed by atoms with Gasteiger partial charge in [-0.2, -0.15) is 0 Å². The highest BCUT2D eigenvalue weighted by Crippen LogP contribution is 2.03. The van der Waals surface area contributed by atoms with Gasteiger partial charge in [0.2, 0.25) is 0 Å². The fourth-order valence-corrected chi connectivity index (χ4v) is 2.03. The zero-order chi connectivity index (χ0) is 7.98. The Morgan fingerprint density at radius 3 is 2.30 bits per heavy atom. The van der Waals surface area contributed by atoms with Gasteiger partial charge in [0.15, 0.2) is 0 Å². The second-order valence-electron chi connectivity index (χ2n) is 3.34. The lowest BCUT2D eigenvalue weighted by molar-refractivity contribution is -0.117. The average molecular weight is 158 g/mol. The molecule has 0 N–H and O–H groups in total. The standard InChI is InChI=1S/C8H18OSi/c1-8(9)6-4-5-7-10(2)3/h10H,4-7H2,1-3H3. The summed E-state index contributed by atoms with van der Waals surface area (Å²) in [6.07, 6.45) is 3.17. The molecule has 0 aliphatic heterocycles. The van der Waals surface area contributed by atoms with E-state index in [1.54, 1.807) is 6.92 Å². The van der Waals surface area contributed by atoms with Crippen LogP contribution in [0.5, 0.6) is 0 Å². The molecule has 0 atom stereocenters. The second kappa shape index (κ2) is 5.66. The topological polar surface area (TPSA) is 17.1 Å². The van der Waals surface area contributed by atoms with E-state index >= 15 is 0 Å². The molecular weight excluding hydrogens is 140 g/mol. The molecule has 10 heavy (non-hydrogen) atoms. The maximum Gasteiger partial charge on any atom is 0.129 e. The van der Waals surface area contributed by atoms with E-state index in [2.05, 4.69) is 13.1 Å². The van der Waals surface area contributed by atoms with Crippen LogP contribution in [-0.4, -0.2) is 14.6 Å². The van der Waals surface area contributed by atoms with Crippen LogP contribution in [0.3, 0.4) is 0 Å². The van der Waals surface area contributed by atoms with Crippen molar-refractivity contribution in [3.8, 4) is 0 Å². The first-order valence-corrected chi connectivity index (χ1v) is 7.25. The van der Waals surface area contributed by atoms with Crippen molar-refractivity contribution in [2.75, 3.05) is 0 Å². The van der Waals surface area contributed by atoms with Crippen molar-refractivity contribution in [3.63, 3.8) is 0 Å². The minimum Gasteiger partial charge on any atom is -0.300 e. The van der Waals surface area contributed by atoms with E-state index in [4.69, 9.17) is 0 Å². The number of hydrogen-bond donors (Lipinski definition) is 0. The Hall–Kier alpha value is -0.113. The van der Waals surface area contributed by atoms with Crippen LogP contribution in [0.2, 0.25) is 19.1 Å². The quantitative estimate of drug-likeness (QED) is 0.443. The third-order valence-electron chi connectivity index (χ3n) is 1.56. The molecule has 0 saturated carbocycles. The van der Waals surface area contributed by atoms with Crippen molar-refractivity contribution in [2.45, 2.75) is 45.3 Å². The highest BCUT2D eigenvalue weighted by Gasteiger charge is 1.96. The molecule has 0 aromatic heterocycles. The predicted molar refractivity (Wildman–Crippen MR) is 48.2 cm³/mol. The maximum absolute atomic E-state index is 10.5. The molecule has 0 aromatic carbocycles. The third-order valence-corrected chi connectivity index (χ3v) is 3.12. The summed E-state index contributed by atoms with van der Waals surface area (Å²) in [5.41, 5.74) is 0. The zero-order valence-corrected chi connectivity index (χ0v) is 8.47. The van der Waals surface area contributed by atoms with E-state index in [-0.39, 0.29) is 8.80 Å². The van der Waals surface area contributed by atoms with Gasteiger partial charge in [-0.3, -0.25) is 0 Å². The van der Waals surface area contributed by atoms with E-state index in [1.165, 1.54) is 12.5 Å². The van der Waals surface area contributed by atoms with Crippen molar-refractivity contribution < 1.29 is 4.79 Å². The zero-order valence-electron chi connectivity index (χ0n) is 7.31. The molecule has 0 unspecified atom stereocenters. The van der Waals surface area contributed by atoms with Crippen LogP contribution >= 0.6 is 0 Å². The van der Waals surface area contributed by atoms with Crippen LogP contribution in [0.25, 0.3) is 0 Å². The van der Waals surface area contributed by atoms with Gasteiger partial charge in [-0.25, -0.2) is 0 Å². The first-order valence-electron chi connectivity index (χ1n) is 4.12. The molecule has 0 fully saturated rings. The normalized spacial score (nSPS) is 10.4. The van der Waals surface area contributed by atoms with Crippen LogP contribution in [0.15, 0.2) is 0 Å². The molecule has 0 bridgehead atoms. The Balaban J connectivity index is 2.98. The van der Waals surface area contributed by atoms with Gasteiger partial charge in [-0.1, -0.05) is 25.6 Å². The van der Waals surface area contributed by atoms with E-state index < -0.39 is 0 Å². The fraction of sp³-hybridized carbons (Fsp3) is 0.875. The van der Waals surface area contributed by atoms with E-state index in [9.17, 15) is 4.79 Å². The summed E-state index contributed by atoms with van der Waals surface area (Å²) < 4.78 is 0. The number of unbranched alkanes of at least 4 members (excludes halogenated alkanes) is 1. The number of carbonyl (C=O) groups is 1. The highest BCUT2D eigenvalue weighted by molar-refractivity contribution is 6.55. The van der Waals surface area contributed by atoms with Crippen LogP contribution < -0.4 is 0 Å². The summed E-state index contributed by atoms with van der Waals surface area (Å²) in [4.78, 5) is 10.5. The summed E-state index contributed by atoms with van der Waals surface area (Å²) in [7, 11) is -0.345. The molecule has 0 heterocycles. The van der Waals surface area contributed by atoms with Gasteiger partial charge in [0, 0.05) is 15.2 Å². The summed E-state index contributed by atoms with van der Waals surface area (Å²) in [6, 6.07) is 1.40. The van der Waals surface area contributed by atoms with Gasteiger partial charge in [0.05, 0.1) is 0 Å². The van der Waals surface area contributed by atoms with E-state index in [1.807, 2.05) is 0 Å². The lowest BCUT2D eigenvalue weighted by Crippen LogP contribution is -1.98. The largest absolute Gasteiger partial charge is 0.300 e. The molecule has 60 valence electrons. The third kappa shape index (κ3) is 7.89. The Bertz CT molecular complexity index is 99.4. The first-order chi connectivity index (χ1) is 4.63. The van der Waals surface area contributed by atoms with Crippen LogP contribution in [0.4, 0.5) is 0 Å². The molecule has 0 radical (unpaired) electrons. The Labute approximate surface area is 65.4 Å². The molecule has 0 amide bonds. The molecule has 0 spiro atoms. The fourth-order valence-electron chi connectivity index (χ4n) is 0.927. The molecule has 0 aliphatic rings. The number of rotatable bonds is 5. The number of ketones is 1. The van der Waals surface area contributed by atoms with Crippen molar-refractivity contribution in [3.05, 3.63) is 0 Å². The van der Waals surface area contributed by atoms with E-state index in [0.717, 1.165) is 12.8 Å². The smallest absolute Gasteiger partial charge is 0.129 e. The van der Waals surface area contributed by atoms with Gasteiger partial charge in [0.1, 0.15) is 5.78 Å². The van der Waals surface area contributed by atoms with Gasteiger partial charge in [-0.15, -0.1) is 0 Å². The monoisotopic (exact) mass is 158 g/mol. The summed E-state index contributed by atoms with van der Waals surface area (Å²) in [6.45, 7) is 6.38. The predicted octanol–water partition coefficient (Wildman–Crippen LogP) is 2.23. The lowest BCUT2D eigenvalue weighted by atomic mass is 10.2. The molecule has 0 aromatic rings. The molecule has 0 aliphatic carbocycles. The van der Waals surface area contributed by atoms with E-state index in [0.29, 0.717) is 5.78 Å². The summed E-state index contributed by atoms with van der Waals surface area (Å²) >= 11 is 0. The lowest BCUT2D eigenvalue weighted by Gasteiger charge is -2.00. The summed E-state index contributed by atoms with van der Waals surface area (Å²) in [5, 5.41) is 0. The number of Topliss-reactive ketones (excluding diaryl/α,β-unsaturated/α-hetero) is 1. The maximum atomic E-state index is 10.5. The van der Waals surface area contributed by atoms with Crippen molar-refractivity contribution >= 4 is 14.6 Å². The van der Waals surface area contributed by atoms with Crippen LogP contribution in [0, 0.1) is 0 Å². The van der Waals surface area contributed by atoms with Gasteiger partial charge >= 0.3 is 0 Å². The average Bonchev–Trinajstić information content (AvgIpc) is 1.79. The SMILES string of the molecule is CC(=O)CCCC[SiH](C)C. The van der Waals surface area contributed by atoms with Gasteiger partial charge < -0.3 is 4.79 Å². The van der Waals surface area contributed by atoms with Crippen molar-refractivity contribution in [1.29, 1.82) is 0 Å². The van der Waals surface area contributed by atoms with Gasteiger partial charge in [0.25, 0.3) is 0 Å². The first kappa shape index (κ1) is 9.89. The molecule has 0 saturated heterocycles. The van der Waals surface area contributed by atoms with Crippen LogP contribution in [0.1, 0.15) is 26.2 Å². The molecule has 2 heteroatoms. The Kier molecular flexibility index (Phi) is 5.59. The highest BCUT2D eigenvalue weighted by atomic mass is 28.3. The molecule has 0 rings (SSSR count). The Morgan fingerprint density at radius 1 is 1.30 bits per heavy atom. The van der Waals surface area contributed by atoms with Crippen molar-refractivity contribution in [2.24, 2.45) is 0 Å². The molecule has 1 nitrogen and oxygen atoms in total. The van der Waals surface area contributed by atoms with Crippen molar-refractivity contribution in [1.82, 2.24) is 0 Å². The molecular formula is C8H18OSi. The number of hydrogen-bond acceptors (Lipinski definition) is 1. The van der Waals surface area contributed by atoms with Gasteiger partial charge in [-0.05, 0) is 13.3 Å². The summed E-state index contributed by atoms with van der Waals surface area (Å²) in [5.74, 6) is 0.338. The van der Waals surface area contributed by atoms with Crippen LogP contribution in [-0.2, 0) is 4.79 Å². The minimum atomic E-state index is -0.345. The minimum absolute atomic E-state index is 0.338. The number of carbonyl (C=O) groups excluding carboxylic acids is 1.